The van der Waals surface area contributed by atoms with Crippen molar-refractivity contribution in [3.05, 3.63) is 0 Å². The molecule has 0 aliphatic carbocycles. The van der Waals surface area contributed by atoms with Gasteiger partial charge in [0.15, 0.2) is 11.7 Å². The van der Waals surface area contributed by atoms with Gasteiger partial charge in [-0.2, -0.15) is 0 Å². The molecule has 0 bridgehead atoms. The summed E-state index contributed by atoms with van der Waals surface area (Å²) in [4.78, 5) is 4.12. The molecule has 0 aromatic heterocycles. The van der Waals surface area contributed by atoms with Crippen LogP contribution in [-0.2, 0) is 4.74 Å². The Bertz CT molecular complexity index is 147. The molecule has 0 aromatic carbocycles. The van der Waals surface area contributed by atoms with Gasteiger partial charge in [0.05, 0.1) is 0 Å². The molecule has 0 amide bonds. The van der Waals surface area contributed by atoms with E-state index in [0.717, 1.165) is 5.84 Å². The Hall–Kier alpha value is -0.220. The van der Waals surface area contributed by atoms with Crippen LogP contribution in [0.2, 0.25) is 0 Å². The van der Waals surface area contributed by atoms with E-state index in [-0.39, 0.29) is 6.23 Å². The quantitative estimate of drug-likeness (QED) is 0.379. The number of nitrogens with one attached hydrogen (secondary N) is 1. The van der Waals surface area contributed by atoms with E-state index in [1.807, 2.05) is 6.92 Å². The highest BCUT2D eigenvalue weighted by Gasteiger charge is 2.42. The second-order valence-corrected chi connectivity index (χ2v) is 2.73. The summed E-state index contributed by atoms with van der Waals surface area (Å²) in [5.74, 6) is 0.966. The van der Waals surface area contributed by atoms with E-state index < -0.39 is 0 Å². The molecular weight excluding hydrogens is 124 g/mol. The Labute approximate surface area is 51.6 Å². The SMILES string of the molecule is CC1=NC2OC2SN1. The molecule has 2 heterocycles. The van der Waals surface area contributed by atoms with E-state index in [0.29, 0.717) is 5.44 Å². The Kier molecular flexibility index (Phi) is 0.804. The molecule has 0 aromatic rings. The molecule has 8 heavy (non-hydrogen) atoms. The summed E-state index contributed by atoms with van der Waals surface area (Å²) in [6, 6.07) is 0. The first-order valence-electron chi connectivity index (χ1n) is 2.48. The van der Waals surface area contributed by atoms with Gasteiger partial charge in [-0.05, 0) is 18.9 Å². The van der Waals surface area contributed by atoms with Gasteiger partial charge in [-0.15, -0.1) is 0 Å². The third-order valence-corrected chi connectivity index (χ3v) is 2.06. The Morgan fingerprint density at radius 2 is 2.75 bits per heavy atom. The van der Waals surface area contributed by atoms with Crippen molar-refractivity contribution in [1.29, 1.82) is 0 Å². The van der Waals surface area contributed by atoms with Crippen LogP contribution >= 0.6 is 11.9 Å². The third-order valence-electron chi connectivity index (χ3n) is 1.07. The number of epoxide rings is 1. The highest BCUT2D eigenvalue weighted by molar-refractivity contribution is 7.98. The molecule has 1 N–H and O–H groups in total. The number of rotatable bonds is 0. The van der Waals surface area contributed by atoms with Crippen LogP contribution in [0.5, 0.6) is 0 Å². The lowest BCUT2D eigenvalue weighted by Crippen LogP contribution is -2.18. The minimum absolute atomic E-state index is 0.168. The van der Waals surface area contributed by atoms with Crippen LogP contribution in [0.4, 0.5) is 0 Å². The van der Waals surface area contributed by atoms with Gasteiger partial charge in [-0.1, -0.05) is 0 Å². The number of nitrogens with zero attached hydrogens (tertiary/aromatic N) is 1. The number of hydrogen-bond donors (Lipinski definition) is 1. The number of amidine groups is 1. The Balaban J connectivity index is 2.15. The van der Waals surface area contributed by atoms with Crippen molar-refractivity contribution in [3.8, 4) is 0 Å². The van der Waals surface area contributed by atoms with E-state index >= 15 is 0 Å². The molecule has 2 unspecified atom stereocenters. The van der Waals surface area contributed by atoms with Crippen LogP contribution < -0.4 is 4.72 Å². The van der Waals surface area contributed by atoms with E-state index in [2.05, 4.69) is 9.71 Å². The van der Waals surface area contributed by atoms with E-state index in [1.165, 1.54) is 0 Å². The van der Waals surface area contributed by atoms with E-state index in [1.54, 1.807) is 11.9 Å². The average molecular weight is 130 g/mol. The molecule has 2 atom stereocenters. The van der Waals surface area contributed by atoms with Gasteiger partial charge in [0.1, 0.15) is 5.84 Å². The molecular formula is C4H6N2OS. The molecule has 4 heteroatoms. The zero-order valence-corrected chi connectivity index (χ0v) is 5.23. The molecule has 0 saturated carbocycles. The summed E-state index contributed by atoms with van der Waals surface area (Å²) in [7, 11) is 0. The zero-order chi connectivity index (χ0) is 5.56. The van der Waals surface area contributed by atoms with Crippen LogP contribution in [-0.4, -0.2) is 17.5 Å². The molecule has 2 aliphatic heterocycles. The maximum Gasteiger partial charge on any atom is 0.189 e. The molecule has 2 aliphatic rings. The van der Waals surface area contributed by atoms with Gasteiger partial charge in [0.25, 0.3) is 0 Å². The second-order valence-electron chi connectivity index (χ2n) is 1.83. The summed E-state index contributed by atoms with van der Waals surface area (Å²) < 4.78 is 8.08. The lowest BCUT2D eigenvalue weighted by molar-refractivity contribution is 0.408. The number of ether oxygens (including phenoxy) is 1. The summed E-state index contributed by atoms with van der Waals surface area (Å²) >= 11 is 1.60. The van der Waals surface area contributed by atoms with Crippen molar-refractivity contribution in [2.24, 2.45) is 4.99 Å². The minimum atomic E-state index is 0.168. The molecule has 0 spiro atoms. The Morgan fingerprint density at radius 3 is 3.38 bits per heavy atom. The summed E-state index contributed by atoms with van der Waals surface area (Å²) in [6.45, 7) is 1.94. The molecule has 1 saturated heterocycles. The summed E-state index contributed by atoms with van der Waals surface area (Å²) in [5.41, 5.74) is 0.304. The second kappa shape index (κ2) is 1.39. The van der Waals surface area contributed by atoms with Gasteiger partial charge in [-0.3, -0.25) is 0 Å². The first kappa shape index (κ1) is 4.64. The summed E-state index contributed by atoms with van der Waals surface area (Å²) in [6.07, 6.45) is 0.168. The van der Waals surface area contributed by atoms with E-state index in [9.17, 15) is 0 Å². The van der Waals surface area contributed by atoms with Crippen LogP contribution in [0.1, 0.15) is 6.92 Å². The van der Waals surface area contributed by atoms with Crippen LogP contribution in [0, 0.1) is 0 Å². The average Bonchev–Trinajstić information content (AvgIpc) is 2.43. The minimum Gasteiger partial charge on any atom is -0.332 e. The first-order valence-corrected chi connectivity index (χ1v) is 3.36. The monoisotopic (exact) mass is 130 g/mol. The number of hydrogen-bond acceptors (Lipinski definition) is 4. The number of aliphatic imine (C=N–C) groups is 1. The maximum atomic E-state index is 5.06. The van der Waals surface area contributed by atoms with Crippen LogP contribution in [0.15, 0.2) is 4.99 Å². The number of fused-ring (bicyclic) bond motifs is 1. The van der Waals surface area contributed by atoms with Crippen molar-refractivity contribution in [2.45, 2.75) is 18.6 Å². The van der Waals surface area contributed by atoms with Gasteiger partial charge in [0, 0.05) is 0 Å². The predicted molar refractivity (Wildman–Crippen MR) is 32.5 cm³/mol. The molecule has 44 valence electrons. The van der Waals surface area contributed by atoms with Gasteiger partial charge in [0.2, 0.25) is 0 Å². The lowest BCUT2D eigenvalue weighted by Gasteiger charge is -2.03. The fraction of sp³-hybridized carbons (Fsp3) is 0.750. The fourth-order valence-corrected chi connectivity index (χ4v) is 1.32. The van der Waals surface area contributed by atoms with Crippen LogP contribution in [0.3, 0.4) is 0 Å². The van der Waals surface area contributed by atoms with Gasteiger partial charge in [-0.25, -0.2) is 4.99 Å². The van der Waals surface area contributed by atoms with Crippen molar-refractivity contribution in [1.82, 2.24) is 4.72 Å². The van der Waals surface area contributed by atoms with Gasteiger partial charge >= 0.3 is 0 Å². The molecule has 2 rings (SSSR count). The maximum absolute atomic E-state index is 5.06. The van der Waals surface area contributed by atoms with Crippen molar-refractivity contribution < 1.29 is 4.74 Å². The predicted octanol–water partition coefficient (Wildman–Crippen LogP) is 0.339. The first-order chi connectivity index (χ1) is 3.86. The van der Waals surface area contributed by atoms with E-state index in [4.69, 9.17) is 4.74 Å². The zero-order valence-electron chi connectivity index (χ0n) is 4.42. The topological polar surface area (TPSA) is 36.9 Å². The normalized spacial score (nSPS) is 41.9. The van der Waals surface area contributed by atoms with Crippen LogP contribution in [0.25, 0.3) is 0 Å². The smallest absolute Gasteiger partial charge is 0.189 e. The molecule has 0 radical (unpaired) electrons. The summed E-state index contributed by atoms with van der Waals surface area (Å²) in [5, 5.41) is 0. The standard InChI is InChI=1S/C4H6N2OS/c1-2-5-3-4(7-3)8-6-2/h3-4H,1H3,(H,5,6). The van der Waals surface area contributed by atoms with Crippen molar-refractivity contribution in [3.63, 3.8) is 0 Å². The molecule has 3 nitrogen and oxygen atoms in total. The van der Waals surface area contributed by atoms with Gasteiger partial charge < -0.3 is 9.46 Å². The largest absolute Gasteiger partial charge is 0.332 e. The van der Waals surface area contributed by atoms with Crippen molar-refractivity contribution >= 4 is 17.8 Å². The Morgan fingerprint density at radius 1 is 1.88 bits per heavy atom. The highest BCUT2D eigenvalue weighted by Crippen LogP contribution is 2.34. The lowest BCUT2D eigenvalue weighted by atomic mass is 10.7. The third kappa shape index (κ3) is 0.605. The molecule has 1 fully saturated rings. The fourth-order valence-electron chi connectivity index (χ4n) is 0.630. The van der Waals surface area contributed by atoms with Crippen molar-refractivity contribution in [2.75, 3.05) is 0 Å². The highest BCUT2D eigenvalue weighted by atomic mass is 32.2.